The summed E-state index contributed by atoms with van der Waals surface area (Å²) in [5.41, 5.74) is 5.33. The van der Waals surface area contributed by atoms with Gasteiger partial charge in [0.25, 0.3) is 0 Å². The van der Waals surface area contributed by atoms with Gasteiger partial charge in [0.05, 0.1) is 17.0 Å². The first-order valence-corrected chi connectivity index (χ1v) is 10.9. The molecule has 28 heavy (non-hydrogen) atoms. The first-order valence-electron chi connectivity index (χ1n) is 9.99. The number of aromatic nitrogens is 2. The summed E-state index contributed by atoms with van der Waals surface area (Å²) in [6.45, 7) is 4.88. The number of rotatable bonds is 5. The maximum atomic E-state index is 11.7. The van der Waals surface area contributed by atoms with Crippen molar-refractivity contribution in [3.63, 3.8) is 0 Å². The normalized spacial score (nSPS) is 15.1. The Morgan fingerprint density at radius 1 is 1.21 bits per heavy atom. The molecule has 2 aromatic heterocycles. The van der Waals surface area contributed by atoms with E-state index in [0.29, 0.717) is 11.5 Å². The van der Waals surface area contributed by atoms with Gasteiger partial charge in [-0.1, -0.05) is 43.0 Å². The quantitative estimate of drug-likeness (QED) is 0.563. The van der Waals surface area contributed by atoms with Crippen LogP contribution in [0.25, 0.3) is 22.0 Å². The smallest absolute Gasteiger partial charge is 0.337 e. The van der Waals surface area contributed by atoms with Crippen LogP contribution in [0.3, 0.4) is 0 Å². The van der Waals surface area contributed by atoms with Crippen LogP contribution in [0.4, 0.5) is 0 Å². The monoisotopic (exact) mass is 394 g/mol. The third kappa shape index (κ3) is 3.76. The van der Waals surface area contributed by atoms with Crippen LogP contribution in [0.5, 0.6) is 0 Å². The maximum absolute atomic E-state index is 11.7. The molecule has 0 unspecified atom stereocenters. The summed E-state index contributed by atoms with van der Waals surface area (Å²) in [4.78, 5) is 16.6. The van der Waals surface area contributed by atoms with E-state index in [-0.39, 0.29) is 0 Å². The molecule has 146 valence electrons. The number of carboxylic acids is 1. The molecule has 1 fully saturated rings. The van der Waals surface area contributed by atoms with Gasteiger partial charge in [0.1, 0.15) is 5.01 Å². The van der Waals surface area contributed by atoms with Gasteiger partial charge in [0, 0.05) is 23.2 Å². The SMILES string of the molecule is Cc1cccc(-c2nc(-c3cc(C(=O)O)c(C)n3CC3CCCCC3)cs2)c1. The van der Waals surface area contributed by atoms with Gasteiger partial charge in [-0.05, 0) is 44.7 Å². The molecule has 1 N–H and O–H groups in total. The molecule has 2 heterocycles. The van der Waals surface area contributed by atoms with Crippen LogP contribution in [0.1, 0.15) is 53.7 Å². The van der Waals surface area contributed by atoms with E-state index in [1.807, 2.05) is 13.0 Å². The van der Waals surface area contributed by atoms with Crippen molar-refractivity contribution in [1.82, 2.24) is 9.55 Å². The Kier molecular flexibility index (Phi) is 5.36. The predicted molar refractivity (Wildman–Crippen MR) is 114 cm³/mol. The number of hydrogen-bond acceptors (Lipinski definition) is 3. The number of carbonyl (C=O) groups is 1. The Morgan fingerprint density at radius 2 is 2.00 bits per heavy atom. The van der Waals surface area contributed by atoms with E-state index in [1.54, 1.807) is 17.4 Å². The van der Waals surface area contributed by atoms with Crippen molar-refractivity contribution in [1.29, 1.82) is 0 Å². The highest BCUT2D eigenvalue weighted by Gasteiger charge is 2.23. The number of nitrogens with zero attached hydrogens (tertiary/aromatic N) is 2. The fourth-order valence-electron chi connectivity index (χ4n) is 4.24. The fourth-order valence-corrected chi connectivity index (χ4v) is 5.05. The van der Waals surface area contributed by atoms with Crippen molar-refractivity contribution < 1.29 is 9.90 Å². The summed E-state index contributed by atoms with van der Waals surface area (Å²) >= 11 is 1.61. The summed E-state index contributed by atoms with van der Waals surface area (Å²) in [5, 5.41) is 12.7. The predicted octanol–water partition coefficient (Wildman–Crippen LogP) is 6.17. The third-order valence-corrected chi connectivity index (χ3v) is 6.69. The number of thiazole rings is 1. The van der Waals surface area contributed by atoms with E-state index >= 15 is 0 Å². The van der Waals surface area contributed by atoms with Crippen molar-refractivity contribution in [2.24, 2.45) is 5.92 Å². The zero-order chi connectivity index (χ0) is 19.7. The molecule has 0 saturated heterocycles. The third-order valence-electron chi connectivity index (χ3n) is 5.79. The van der Waals surface area contributed by atoms with Gasteiger partial charge in [0.15, 0.2) is 0 Å². The standard InChI is InChI=1S/C23H26N2O2S/c1-15-7-6-10-18(11-15)22-24-20(14-28-22)21-12-19(23(26)27)16(2)25(21)13-17-8-4-3-5-9-17/h6-7,10-12,14,17H,3-5,8-9,13H2,1-2H3,(H,26,27). The highest BCUT2D eigenvalue weighted by molar-refractivity contribution is 7.13. The Balaban J connectivity index is 1.72. The summed E-state index contributed by atoms with van der Waals surface area (Å²) in [5.74, 6) is -0.245. The molecule has 1 saturated carbocycles. The van der Waals surface area contributed by atoms with Crippen LogP contribution in [0.2, 0.25) is 0 Å². The average Bonchev–Trinajstić information content (AvgIpc) is 3.28. The minimum absolute atomic E-state index is 0.385. The van der Waals surface area contributed by atoms with E-state index in [9.17, 15) is 9.90 Å². The largest absolute Gasteiger partial charge is 0.478 e. The van der Waals surface area contributed by atoms with E-state index in [0.717, 1.165) is 34.2 Å². The zero-order valence-corrected chi connectivity index (χ0v) is 17.3. The van der Waals surface area contributed by atoms with Gasteiger partial charge in [-0.15, -0.1) is 11.3 Å². The second kappa shape index (κ2) is 7.92. The molecule has 0 bridgehead atoms. The molecule has 0 aliphatic heterocycles. The first kappa shape index (κ1) is 18.9. The molecule has 4 rings (SSSR count). The van der Waals surface area contributed by atoms with Gasteiger partial charge in [-0.2, -0.15) is 0 Å². The van der Waals surface area contributed by atoms with Crippen LogP contribution in [-0.4, -0.2) is 20.6 Å². The molecule has 1 aliphatic rings. The molecule has 0 atom stereocenters. The molecular formula is C23H26N2O2S. The molecule has 3 aromatic rings. The average molecular weight is 395 g/mol. The van der Waals surface area contributed by atoms with Crippen LogP contribution in [0, 0.1) is 19.8 Å². The Bertz CT molecular complexity index is 996. The summed E-state index contributed by atoms with van der Waals surface area (Å²) < 4.78 is 2.19. The van der Waals surface area contributed by atoms with Crippen molar-refractivity contribution in [3.05, 3.63) is 52.5 Å². The van der Waals surface area contributed by atoms with E-state index in [1.165, 1.54) is 37.7 Å². The number of aromatic carboxylic acids is 1. The lowest BCUT2D eigenvalue weighted by Gasteiger charge is -2.24. The maximum Gasteiger partial charge on any atom is 0.337 e. The van der Waals surface area contributed by atoms with Gasteiger partial charge < -0.3 is 9.67 Å². The van der Waals surface area contributed by atoms with Crippen molar-refractivity contribution in [3.8, 4) is 22.0 Å². The van der Waals surface area contributed by atoms with E-state index in [2.05, 4.69) is 35.1 Å². The molecule has 0 spiro atoms. The highest BCUT2D eigenvalue weighted by Crippen LogP contribution is 2.34. The minimum Gasteiger partial charge on any atom is -0.478 e. The molecule has 1 aliphatic carbocycles. The van der Waals surface area contributed by atoms with Gasteiger partial charge in [-0.3, -0.25) is 0 Å². The molecule has 5 heteroatoms. The molecule has 4 nitrogen and oxygen atoms in total. The van der Waals surface area contributed by atoms with Gasteiger partial charge in [-0.25, -0.2) is 9.78 Å². The van der Waals surface area contributed by atoms with Crippen molar-refractivity contribution in [2.45, 2.75) is 52.5 Å². The second-order valence-electron chi connectivity index (χ2n) is 7.86. The molecule has 0 amide bonds. The number of aryl methyl sites for hydroxylation is 1. The van der Waals surface area contributed by atoms with Gasteiger partial charge >= 0.3 is 5.97 Å². The Morgan fingerprint density at radius 3 is 2.71 bits per heavy atom. The fraction of sp³-hybridized carbons (Fsp3) is 0.391. The summed E-state index contributed by atoms with van der Waals surface area (Å²) in [6.07, 6.45) is 6.33. The topological polar surface area (TPSA) is 55.1 Å². The second-order valence-corrected chi connectivity index (χ2v) is 8.71. The lowest BCUT2D eigenvalue weighted by atomic mass is 9.89. The Hall–Kier alpha value is -2.40. The summed E-state index contributed by atoms with van der Waals surface area (Å²) in [6, 6.07) is 10.1. The van der Waals surface area contributed by atoms with Crippen LogP contribution in [-0.2, 0) is 6.54 Å². The lowest BCUT2D eigenvalue weighted by molar-refractivity contribution is 0.0696. The van der Waals surface area contributed by atoms with E-state index < -0.39 is 5.97 Å². The van der Waals surface area contributed by atoms with Gasteiger partial charge in [0.2, 0.25) is 0 Å². The van der Waals surface area contributed by atoms with E-state index in [4.69, 9.17) is 4.98 Å². The number of hydrogen-bond donors (Lipinski definition) is 1. The lowest BCUT2D eigenvalue weighted by Crippen LogP contribution is -2.16. The first-order chi connectivity index (χ1) is 13.5. The van der Waals surface area contributed by atoms with Crippen molar-refractivity contribution in [2.75, 3.05) is 0 Å². The number of benzene rings is 1. The molecular weight excluding hydrogens is 368 g/mol. The molecule has 1 aromatic carbocycles. The van der Waals surface area contributed by atoms with Crippen LogP contribution >= 0.6 is 11.3 Å². The summed E-state index contributed by atoms with van der Waals surface area (Å²) in [7, 11) is 0. The highest BCUT2D eigenvalue weighted by atomic mass is 32.1. The van der Waals surface area contributed by atoms with Crippen molar-refractivity contribution >= 4 is 17.3 Å². The van der Waals surface area contributed by atoms with Crippen LogP contribution in [0.15, 0.2) is 35.7 Å². The zero-order valence-electron chi connectivity index (χ0n) is 16.4. The Labute approximate surface area is 169 Å². The number of carboxylic acid groups (broad SMARTS) is 1. The minimum atomic E-state index is -0.865. The van der Waals surface area contributed by atoms with Crippen LogP contribution < -0.4 is 0 Å². The molecule has 0 radical (unpaired) electrons.